The molecule has 0 nitrogen and oxygen atoms in total. The number of alkyl halides is 12. The number of halogens is 12. The van der Waals surface area contributed by atoms with Gasteiger partial charge in [-0.2, -0.15) is 52.7 Å². The third-order valence-electron chi connectivity index (χ3n) is 2.37. The van der Waals surface area contributed by atoms with E-state index in [1.807, 2.05) is 0 Å². The molecule has 0 bridgehead atoms. The van der Waals surface area contributed by atoms with Gasteiger partial charge in [-0.3, -0.25) is 0 Å². The second-order valence-corrected chi connectivity index (χ2v) is 3.45. The molecule has 0 aromatic carbocycles. The lowest BCUT2D eigenvalue weighted by Crippen LogP contribution is -2.82. The summed E-state index contributed by atoms with van der Waals surface area (Å²) < 4.78 is 148. The first-order valence-corrected chi connectivity index (χ1v) is 3.77. The van der Waals surface area contributed by atoms with Gasteiger partial charge in [0.05, 0.1) is 0 Å². The van der Waals surface area contributed by atoms with Crippen LogP contribution in [0.25, 0.3) is 0 Å². The zero-order valence-electron chi connectivity index (χ0n) is 7.94. The molecule has 1 saturated carbocycles. The van der Waals surface area contributed by atoms with Crippen LogP contribution in [0.15, 0.2) is 0 Å². The standard InChI is InChI=1S/C6F12.S/c7-1(8)2(9,10)4(13,14)6(17,18)5(15,16)3(1,11)12;. The Hall–Kier alpha value is -0.490. The molecule has 1 aliphatic rings. The molecule has 0 unspecified atom stereocenters. The van der Waals surface area contributed by atoms with E-state index in [0.29, 0.717) is 0 Å². The van der Waals surface area contributed by atoms with Crippen LogP contribution in [-0.4, -0.2) is 35.5 Å². The average molecular weight is 332 g/mol. The summed E-state index contributed by atoms with van der Waals surface area (Å²) in [7, 11) is 0. The molecule has 0 aliphatic heterocycles. The van der Waals surface area contributed by atoms with Crippen LogP contribution >= 0.6 is 13.5 Å². The Balaban J connectivity index is 0.00000324. The molecule has 1 rings (SSSR count). The topological polar surface area (TPSA) is 0 Å². The first kappa shape index (κ1) is 18.5. The Labute approximate surface area is 103 Å². The maximum Gasteiger partial charge on any atom is 0.385 e. The summed E-state index contributed by atoms with van der Waals surface area (Å²) in [6, 6.07) is 0. The highest BCUT2D eigenvalue weighted by atomic mass is 32.1. The molecule has 114 valence electrons. The lowest BCUT2D eigenvalue weighted by molar-refractivity contribution is -0.506. The van der Waals surface area contributed by atoms with Crippen molar-refractivity contribution in [3.05, 3.63) is 0 Å². The number of rotatable bonds is 0. The fourth-order valence-corrected chi connectivity index (χ4v) is 1.18. The van der Waals surface area contributed by atoms with Gasteiger partial charge < -0.3 is 0 Å². The minimum atomic E-state index is -7.35. The van der Waals surface area contributed by atoms with Gasteiger partial charge in [0.25, 0.3) is 0 Å². The predicted molar refractivity (Wildman–Crippen MR) is 37.3 cm³/mol. The summed E-state index contributed by atoms with van der Waals surface area (Å²) in [4.78, 5) is 0. The van der Waals surface area contributed by atoms with E-state index in [9.17, 15) is 52.7 Å². The number of hydrogen-bond donors (Lipinski definition) is 0. The zero-order chi connectivity index (χ0) is 15.0. The van der Waals surface area contributed by atoms with Crippen LogP contribution in [0.4, 0.5) is 52.7 Å². The third kappa shape index (κ3) is 1.47. The molecule has 1 fully saturated rings. The maximum absolute atomic E-state index is 12.3. The Morgan fingerprint density at radius 1 is 0.263 bits per heavy atom. The molecular formula is C6F12S. The Bertz CT molecular complexity index is 253. The Kier molecular flexibility index (Phi) is 3.69. The fourth-order valence-electron chi connectivity index (χ4n) is 1.18. The lowest BCUT2D eigenvalue weighted by Gasteiger charge is -2.49. The molecular weight excluding hydrogens is 332 g/mol. The largest absolute Gasteiger partial charge is 0.385 e. The van der Waals surface area contributed by atoms with E-state index in [2.05, 4.69) is 0 Å². The van der Waals surface area contributed by atoms with Gasteiger partial charge >= 0.3 is 35.5 Å². The summed E-state index contributed by atoms with van der Waals surface area (Å²) in [5.74, 6) is -44.1. The van der Waals surface area contributed by atoms with Crippen molar-refractivity contribution in [2.45, 2.75) is 35.5 Å². The normalized spacial score (nSPS) is 32.2. The van der Waals surface area contributed by atoms with E-state index >= 15 is 0 Å². The van der Waals surface area contributed by atoms with Crippen molar-refractivity contribution in [3.63, 3.8) is 0 Å². The monoisotopic (exact) mass is 332 g/mol. The fraction of sp³-hybridized carbons (Fsp3) is 1.00. The van der Waals surface area contributed by atoms with E-state index in [1.165, 1.54) is 0 Å². The van der Waals surface area contributed by atoms with E-state index in [1.54, 1.807) is 0 Å². The summed E-state index contributed by atoms with van der Waals surface area (Å²) in [6.07, 6.45) is 0. The highest BCUT2D eigenvalue weighted by molar-refractivity contribution is 7.59. The van der Waals surface area contributed by atoms with Crippen LogP contribution in [0.3, 0.4) is 0 Å². The van der Waals surface area contributed by atoms with Crippen LogP contribution in [0.1, 0.15) is 0 Å². The first-order valence-electron chi connectivity index (χ1n) is 3.77. The molecule has 0 heterocycles. The highest BCUT2D eigenvalue weighted by Gasteiger charge is 3.02. The molecule has 13 heteroatoms. The Morgan fingerprint density at radius 2 is 0.316 bits per heavy atom. The molecule has 0 saturated heterocycles. The summed E-state index contributed by atoms with van der Waals surface area (Å²) in [5, 5.41) is 0. The second-order valence-electron chi connectivity index (χ2n) is 3.45. The Morgan fingerprint density at radius 3 is 0.368 bits per heavy atom. The van der Waals surface area contributed by atoms with E-state index < -0.39 is 35.5 Å². The zero-order valence-corrected chi connectivity index (χ0v) is 8.76. The quantitative estimate of drug-likeness (QED) is 0.575. The molecule has 1 aliphatic carbocycles. The summed E-state index contributed by atoms with van der Waals surface area (Å²) in [5.41, 5.74) is 0. The summed E-state index contributed by atoms with van der Waals surface area (Å²) >= 11 is 0. The first-order chi connectivity index (χ1) is 7.50. The van der Waals surface area contributed by atoms with Crippen molar-refractivity contribution in [2.24, 2.45) is 0 Å². The van der Waals surface area contributed by atoms with Crippen LogP contribution in [0.2, 0.25) is 0 Å². The predicted octanol–water partition coefficient (Wildman–Crippen LogP) is 4.46. The van der Waals surface area contributed by atoms with E-state index in [4.69, 9.17) is 0 Å². The van der Waals surface area contributed by atoms with Gasteiger partial charge in [0.15, 0.2) is 0 Å². The van der Waals surface area contributed by atoms with Gasteiger partial charge in [0.1, 0.15) is 0 Å². The van der Waals surface area contributed by atoms with Crippen LogP contribution < -0.4 is 0 Å². The second kappa shape index (κ2) is 3.79. The molecule has 0 atom stereocenters. The van der Waals surface area contributed by atoms with Crippen molar-refractivity contribution in [1.29, 1.82) is 0 Å². The SMILES string of the molecule is FC1(F)C(F)(F)C(F)(F)C(F)(F)C(F)(F)C1(F)F.[S]. The van der Waals surface area contributed by atoms with Gasteiger partial charge in [-0.15, -0.1) is 0 Å². The van der Waals surface area contributed by atoms with Crippen molar-refractivity contribution in [3.8, 4) is 0 Å². The van der Waals surface area contributed by atoms with Gasteiger partial charge in [0, 0.05) is 13.5 Å². The van der Waals surface area contributed by atoms with Gasteiger partial charge in [0.2, 0.25) is 0 Å². The smallest absolute Gasteiger partial charge is 0.192 e. The third-order valence-corrected chi connectivity index (χ3v) is 2.37. The van der Waals surface area contributed by atoms with Gasteiger partial charge in [-0.25, -0.2) is 0 Å². The highest BCUT2D eigenvalue weighted by Crippen LogP contribution is 2.69. The van der Waals surface area contributed by atoms with Crippen LogP contribution in [0.5, 0.6) is 0 Å². The van der Waals surface area contributed by atoms with Gasteiger partial charge in [-0.1, -0.05) is 0 Å². The number of hydrogen-bond acceptors (Lipinski definition) is 0. The van der Waals surface area contributed by atoms with Crippen LogP contribution in [0, 0.1) is 0 Å². The average Bonchev–Trinajstić information content (AvgIpc) is 2.14. The molecule has 0 N–H and O–H groups in total. The van der Waals surface area contributed by atoms with Crippen molar-refractivity contribution in [2.75, 3.05) is 0 Å². The molecule has 0 amide bonds. The molecule has 0 aromatic rings. The molecule has 19 heavy (non-hydrogen) atoms. The molecule has 0 spiro atoms. The van der Waals surface area contributed by atoms with E-state index in [0.717, 1.165) is 0 Å². The minimum absolute atomic E-state index is 0. The summed E-state index contributed by atoms with van der Waals surface area (Å²) in [6.45, 7) is 0. The maximum atomic E-state index is 12.3. The van der Waals surface area contributed by atoms with Crippen LogP contribution in [-0.2, 0) is 0 Å². The minimum Gasteiger partial charge on any atom is -0.192 e. The van der Waals surface area contributed by atoms with Crippen molar-refractivity contribution >= 4 is 13.5 Å². The van der Waals surface area contributed by atoms with Crippen molar-refractivity contribution in [1.82, 2.24) is 0 Å². The molecule has 2 radical (unpaired) electrons. The van der Waals surface area contributed by atoms with Crippen molar-refractivity contribution < 1.29 is 52.7 Å². The molecule has 0 aromatic heterocycles. The lowest BCUT2D eigenvalue weighted by atomic mass is 9.80. The van der Waals surface area contributed by atoms with Gasteiger partial charge in [-0.05, 0) is 0 Å². The van der Waals surface area contributed by atoms with E-state index in [-0.39, 0.29) is 13.5 Å².